The van der Waals surface area contributed by atoms with E-state index >= 15 is 0 Å². The van der Waals surface area contributed by atoms with Crippen molar-refractivity contribution in [1.29, 1.82) is 0 Å². The zero-order chi connectivity index (χ0) is 21.3. The summed E-state index contributed by atoms with van der Waals surface area (Å²) in [4.78, 5) is 15.4. The molecule has 168 valence electrons. The monoisotopic (exact) mass is 428 g/mol. The van der Waals surface area contributed by atoms with E-state index in [0.717, 1.165) is 38.4 Å². The minimum atomic E-state index is 0.332. The van der Waals surface area contributed by atoms with Gasteiger partial charge in [0.2, 0.25) is 0 Å². The predicted molar refractivity (Wildman–Crippen MR) is 118 cm³/mol. The fourth-order valence-electron chi connectivity index (χ4n) is 3.96. The number of piperazine rings is 1. The van der Waals surface area contributed by atoms with E-state index in [9.17, 15) is 0 Å². The van der Waals surface area contributed by atoms with Gasteiger partial charge in [0.25, 0.3) is 11.8 Å². The Morgan fingerprint density at radius 3 is 2.71 bits per heavy atom. The predicted octanol–water partition coefficient (Wildman–Crippen LogP) is 1.65. The van der Waals surface area contributed by atoms with Gasteiger partial charge in [0.05, 0.1) is 6.61 Å². The molecule has 2 atom stereocenters. The second-order valence-corrected chi connectivity index (χ2v) is 7.87. The molecule has 2 aromatic rings. The third kappa shape index (κ3) is 5.95. The van der Waals surface area contributed by atoms with Gasteiger partial charge in [-0.15, -0.1) is 0 Å². The molecule has 4 rings (SSSR count). The number of rotatable bonds is 10. The topological polar surface area (TPSA) is 93.7 Å². The minimum Gasteiger partial charge on any atom is -0.484 e. The standard InChI is InChI=1S/C22H32N6O3/c1-17-16-23-11-12-28(17)20-22(27-10-9-25-20)31-15-14-29-19-5-3-8-26-21(19)30-13-6-18-4-2-7-24-18/h3,5,8-10,17-18,23-24H,2,4,6-7,11-16H2,1H3/t17-,18?/m1/s1. The minimum absolute atomic E-state index is 0.332. The molecule has 2 aromatic heterocycles. The van der Waals surface area contributed by atoms with Gasteiger partial charge >= 0.3 is 0 Å². The molecule has 4 heterocycles. The van der Waals surface area contributed by atoms with Crippen LogP contribution in [0.5, 0.6) is 17.5 Å². The molecule has 2 aliphatic rings. The van der Waals surface area contributed by atoms with Crippen LogP contribution in [0, 0.1) is 0 Å². The normalized spacial score (nSPS) is 21.1. The van der Waals surface area contributed by atoms with Crippen molar-refractivity contribution in [1.82, 2.24) is 25.6 Å². The van der Waals surface area contributed by atoms with Gasteiger partial charge in [-0.2, -0.15) is 0 Å². The van der Waals surface area contributed by atoms with Crippen molar-refractivity contribution in [3.63, 3.8) is 0 Å². The number of hydrogen-bond acceptors (Lipinski definition) is 9. The summed E-state index contributed by atoms with van der Waals surface area (Å²) in [5.41, 5.74) is 0. The van der Waals surface area contributed by atoms with Gasteiger partial charge in [-0.05, 0) is 44.9 Å². The van der Waals surface area contributed by atoms with Crippen LogP contribution in [-0.2, 0) is 0 Å². The molecular formula is C22H32N6O3. The fraction of sp³-hybridized carbons (Fsp3) is 0.591. The maximum atomic E-state index is 5.92. The summed E-state index contributed by atoms with van der Waals surface area (Å²) in [6, 6.07) is 4.58. The summed E-state index contributed by atoms with van der Waals surface area (Å²) >= 11 is 0. The molecule has 0 radical (unpaired) electrons. The van der Waals surface area contributed by atoms with Crippen LogP contribution < -0.4 is 29.7 Å². The van der Waals surface area contributed by atoms with E-state index in [4.69, 9.17) is 14.2 Å². The first-order valence-corrected chi connectivity index (χ1v) is 11.2. The Morgan fingerprint density at radius 1 is 1.00 bits per heavy atom. The zero-order valence-corrected chi connectivity index (χ0v) is 18.1. The van der Waals surface area contributed by atoms with E-state index in [0.29, 0.717) is 49.4 Å². The van der Waals surface area contributed by atoms with Gasteiger partial charge in [0.1, 0.15) is 13.2 Å². The second-order valence-electron chi connectivity index (χ2n) is 7.87. The molecule has 2 N–H and O–H groups in total. The number of ether oxygens (including phenoxy) is 3. The molecule has 0 aromatic carbocycles. The lowest BCUT2D eigenvalue weighted by atomic mass is 10.2. The number of anilines is 1. The van der Waals surface area contributed by atoms with Crippen LogP contribution in [0.4, 0.5) is 5.82 Å². The van der Waals surface area contributed by atoms with E-state index in [2.05, 4.69) is 37.4 Å². The number of nitrogens with one attached hydrogen (secondary N) is 2. The number of hydrogen-bond donors (Lipinski definition) is 2. The van der Waals surface area contributed by atoms with Crippen molar-refractivity contribution in [2.75, 3.05) is 50.9 Å². The summed E-state index contributed by atoms with van der Waals surface area (Å²) in [6.07, 6.45) is 8.49. The Bertz CT molecular complexity index is 817. The fourth-order valence-corrected chi connectivity index (χ4v) is 3.96. The molecule has 2 fully saturated rings. The Hall–Kier alpha value is -2.65. The molecule has 31 heavy (non-hydrogen) atoms. The molecular weight excluding hydrogens is 396 g/mol. The maximum absolute atomic E-state index is 5.92. The van der Waals surface area contributed by atoms with Crippen molar-refractivity contribution in [3.8, 4) is 17.5 Å². The van der Waals surface area contributed by atoms with Crippen molar-refractivity contribution in [2.45, 2.75) is 38.3 Å². The van der Waals surface area contributed by atoms with Gasteiger partial charge in [0, 0.05) is 50.3 Å². The first-order valence-electron chi connectivity index (χ1n) is 11.2. The van der Waals surface area contributed by atoms with Crippen LogP contribution in [0.3, 0.4) is 0 Å². The highest BCUT2D eigenvalue weighted by Crippen LogP contribution is 2.26. The summed E-state index contributed by atoms with van der Waals surface area (Å²) in [5, 5.41) is 6.87. The highest BCUT2D eigenvalue weighted by molar-refractivity contribution is 5.49. The second kappa shape index (κ2) is 11.1. The molecule has 9 nitrogen and oxygen atoms in total. The number of nitrogens with zero attached hydrogens (tertiary/aromatic N) is 4. The van der Waals surface area contributed by atoms with Gasteiger partial charge < -0.3 is 29.7 Å². The quantitative estimate of drug-likeness (QED) is 0.548. The van der Waals surface area contributed by atoms with E-state index in [1.807, 2.05) is 12.1 Å². The van der Waals surface area contributed by atoms with Crippen LogP contribution in [0.25, 0.3) is 0 Å². The van der Waals surface area contributed by atoms with Crippen LogP contribution in [0.1, 0.15) is 26.2 Å². The molecule has 0 bridgehead atoms. The lowest BCUT2D eigenvalue weighted by Crippen LogP contribution is -2.50. The van der Waals surface area contributed by atoms with Crippen LogP contribution in [0.15, 0.2) is 30.7 Å². The molecule has 0 spiro atoms. The van der Waals surface area contributed by atoms with E-state index in [1.165, 1.54) is 12.8 Å². The Labute approximate surface area is 183 Å². The molecule has 0 aliphatic carbocycles. The lowest BCUT2D eigenvalue weighted by Gasteiger charge is -2.35. The van der Waals surface area contributed by atoms with Crippen LogP contribution >= 0.6 is 0 Å². The van der Waals surface area contributed by atoms with E-state index in [-0.39, 0.29) is 0 Å². The Balaban J connectivity index is 1.27. The first-order chi connectivity index (χ1) is 15.3. The zero-order valence-electron chi connectivity index (χ0n) is 18.1. The summed E-state index contributed by atoms with van der Waals surface area (Å²) < 4.78 is 17.7. The smallest absolute Gasteiger partial charge is 0.257 e. The maximum Gasteiger partial charge on any atom is 0.257 e. The molecule has 1 unspecified atom stereocenters. The largest absolute Gasteiger partial charge is 0.484 e. The van der Waals surface area contributed by atoms with E-state index in [1.54, 1.807) is 18.6 Å². The highest BCUT2D eigenvalue weighted by atomic mass is 16.5. The van der Waals surface area contributed by atoms with Gasteiger partial charge in [0.15, 0.2) is 11.6 Å². The third-order valence-corrected chi connectivity index (χ3v) is 5.60. The average Bonchev–Trinajstić information content (AvgIpc) is 3.32. The molecule has 0 saturated carbocycles. The van der Waals surface area contributed by atoms with Gasteiger partial charge in [-0.3, -0.25) is 0 Å². The highest BCUT2D eigenvalue weighted by Gasteiger charge is 2.23. The average molecular weight is 429 g/mol. The van der Waals surface area contributed by atoms with Gasteiger partial charge in [-0.25, -0.2) is 15.0 Å². The number of aromatic nitrogens is 3. The van der Waals surface area contributed by atoms with Gasteiger partial charge in [-0.1, -0.05) is 0 Å². The van der Waals surface area contributed by atoms with E-state index < -0.39 is 0 Å². The summed E-state index contributed by atoms with van der Waals surface area (Å²) in [5.74, 6) is 2.46. The Morgan fingerprint density at radius 2 is 1.84 bits per heavy atom. The van der Waals surface area contributed by atoms with Crippen molar-refractivity contribution < 1.29 is 14.2 Å². The lowest BCUT2D eigenvalue weighted by molar-refractivity contribution is 0.198. The molecule has 9 heteroatoms. The van der Waals surface area contributed by atoms with Crippen LogP contribution in [-0.4, -0.2) is 73.0 Å². The molecule has 0 amide bonds. The summed E-state index contributed by atoms with van der Waals surface area (Å²) in [6.45, 7) is 7.31. The first kappa shape index (κ1) is 21.6. The summed E-state index contributed by atoms with van der Waals surface area (Å²) in [7, 11) is 0. The number of pyridine rings is 1. The Kier molecular flexibility index (Phi) is 7.73. The van der Waals surface area contributed by atoms with Crippen molar-refractivity contribution >= 4 is 5.82 Å². The van der Waals surface area contributed by atoms with Crippen molar-refractivity contribution in [3.05, 3.63) is 30.7 Å². The van der Waals surface area contributed by atoms with Crippen LogP contribution in [0.2, 0.25) is 0 Å². The SMILES string of the molecule is C[C@@H]1CNCCN1c1nccnc1OCCOc1cccnc1OCCC1CCCN1. The molecule has 2 saturated heterocycles. The van der Waals surface area contributed by atoms with Crippen molar-refractivity contribution in [2.24, 2.45) is 0 Å². The third-order valence-electron chi connectivity index (χ3n) is 5.60. The molecule has 2 aliphatic heterocycles.